The molecule has 0 unspecified atom stereocenters. The van der Waals surface area contributed by atoms with Gasteiger partial charge in [-0.2, -0.15) is 15.0 Å². The zero-order chi connectivity index (χ0) is 15.1. The number of carbonyl (C=O) groups excluding carboxylic acids is 1. The first-order valence-corrected chi connectivity index (χ1v) is 7.04. The molecule has 1 aromatic rings. The average molecular weight is 295 g/mol. The summed E-state index contributed by atoms with van der Waals surface area (Å²) in [7, 11) is 0. The van der Waals surface area contributed by atoms with Crippen molar-refractivity contribution in [3.8, 4) is 0 Å². The molecule has 2 rings (SSSR count). The van der Waals surface area contributed by atoms with Gasteiger partial charge in [0.25, 0.3) is 0 Å². The molecule has 0 saturated carbocycles. The van der Waals surface area contributed by atoms with E-state index in [1.54, 1.807) is 0 Å². The zero-order valence-electron chi connectivity index (χ0n) is 12.1. The molecule has 116 valence electrons. The third-order valence-electron chi connectivity index (χ3n) is 2.91. The minimum absolute atomic E-state index is 0.103. The number of nitrogens with one attached hydrogen (secondary N) is 2. The Morgan fingerprint density at radius 2 is 2.10 bits per heavy atom. The van der Waals surface area contributed by atoms with E-state index in [9.17, 15) is 4.79 Å². The number of nitrogens with two attached hydrogens (primary N) is 1. The standard InChI is InChI=1S/C12H21N7O2/c1-2-3-14-9(20)8-15-11-16-10(13)17-12(18-11)19-4-6-21-7-5-19/h2-8H2,1H3,(H,14,20)(H3,13,15,16,17,18). The van der Waals surface area contributed by atoms with Gasteiger partial charge < -0.3 is 26.0 Å². The van der Waals surface area contributed by atoms with Gasteiger partial charge in [0.15, 0.2) is 0 Å². The number of hydrogen-bond acceptors (Lipinski definition) is 8. The Labute approximate surface area is 123 Å². The van der Waals surface area contributed by atoms with Crippen LogP contribution in [-0.4, -0.2) is 60.3 Å². The maximum absolute atomic E-state index is 11.5. The highest BCUT2D eigenvalue weighted by Crippen LogP contribution is 2.13. The molecule has 0 radical (unpaired) electrons. The van der Waals surface area contributed by atoms with Gasteiger partial charge in [-0.1, -0.05) is 6.92 Å². The highest BCUT2D eigenvalue weighted by molar-refractivity contribution is 5.80. The van der Waals surface area contributed by atoms with Crippen molar-refractivity contribution in [2.45, 2.75) is 13.3 Å². The number of morpholine rings is 1. The molecule has 2 heterocycles. The van der Waals surface area contributed by atoms with E-state index in [1.807, 2.05) is 11.8 Å². The summed E-state index contributed by atoms with van der Waals surface area (Å²) in [6.07, 6.45) is 0.894. The van der Waals surface area contributed by atoms with Crippen LogP contribution < -0.4 is 21.3 Å². The van der Waals surface area contributed by atoms with Crippen LogP contribution in [0.5, 0.6) is 0 Å². The van der Waals surface area contributed by atoms with E-state index in [0.717, 1.165) is 6.42 Å². The van der Waals surface area contributed by atoms with Gasteiger partial charge in [-0.15, -0.1) is 0 Å². The second-order valence-corrected chi connectivity index (χ2v) is 4.62. The first kappa shape index (κ1) is 15.2. The lowest BCUT2D eigenvalue weighted by atomic mass is 10.4. The molecule has 1 aromatic heterocycles. The summed E-state index contributed by atoms with van der Waals surface area (Å²) in [5.74, 6) is 0.824. The van der Waals surface area contributed by atoms with Crippen molar-refractivity contribution in [1.82, 2.24) is 20.3 Å². The van der Waals surface area contributed by atoms with Gasteiger partial charge in [0.05, 0.1) is 19.8 Å². The number of anilines is 3. The van der Waals surface area contributed by atoms with Gasteiger partial charge >= 0.3 is 0 Å². The molecule has 9 heteroatoms. The first-order valence-electron chi connectivity index (χ1n) is 7.04. The molecule has 9 nitrogen and oxygen atoms in total. The fourth-order valence-electron chi connectivity index (χ4n) is 1.85. The summed E-state index contributed by atoms with van der Waals surface area (Å²) in [5.41, 5.74) is 5.69. The van der Waals surface area contributed by atoms with Gasteiger partial charge in [0.2, 0.25) is 23.8 Å². The molecule has 1 aliphatic rings. The fraction of sp³-hybridized carbons (Fsp3) is 0.667. The maximum atomic E-state index is 11.5. The molecule has 0 spiro atoms. The molecule has 1 amide bonds. The molecule has 1 aliphatic heterocycles. The number of carbonyl (C=O) groups is 1. The number of nitrogens with zero attached hydrogens (tertiary/aromatic N) is 4. The summed E-state index contributed by atoms with van der Waals surface area (Å²) in [6.45, 7) is 5.43. The van der Waals surface area contributed by atoms with Crippen LogP contribution in [0, 0.1) is 0 Å². The van der Waals surface area contributed by atoms with Crippen molar-refractivity contribution in [2.75, 3.05) is 55.3 Å². The van der Waals surface area contributed by atoms with Crippen molar-refractivity contribution in [1.29, 1.82) is 0 Å². The number of ether oxygens (including phenoxy) is 1. The lowest BCUT2D eigenvalue weighted by Crippen LogP contribution is -2.37. The molecule has 4 N–H and O–H groups in total. The summed E-state index contributed by atoms with van der Waals surface area (Å²) in [6, 6.07) is 0. The number of hydrogen-bond donors (Lipinski definition) is 3. The number of amides is 1. The SMILES string of the molecule is CCCNC(=O)CNc1nc(N)nc(N2CCOCC2)n1. The van der Waals surface area contributed by atoms with E-state index in [2.05, 4.69) is 25.6 Å². The Balaban J connectivity index is 1.96. The summed E-state index contributed by atoms with van der Waals surface area (Å²) in [5, 5.41) is 5.63. The van der Waals surface area contributed by atoms with Gasteiger partial charge in [-0.3, -0.25) is 4.79 Å². The maximum Gasteiger partial charge on any atom is 0.239 e. The highest BCUT2D eigenvalue weighted by Gasteiger charge is 2.16. The van der Waals surface area contributed by atoms with E-state index in [-0.39, 0.29) is 18.4 Å². The van der Waals surface area contributed by atoms with Crippen LogP contribution in [0.3, 0.4) is 0 Å². The predicted octanol–water partition coefficient (Wildman–Crippen LogP) is -0.771. The quantitative estimate of drug-likeness (QED) is 0.626. The lowest BCUT2D eigenvalue weighted by Gasteiger charge is -2.26. The molecule has 0 atom stereocenters. The third kappa shape index (κ3) is 4.71. The third-order valence-corrected chi connectivity index (χ3v) is 2.91. The summed E-state index contributed by atoms with van der Waals surface area (Å²) >= 11 is 0. The van der Waals surface area contributed by atoms with Gasteiger partial charge in [0, 0.05) is 19.6 Å². The fourth-order valence-corrected chi connectivity index (χ4v) is 1.85. The van der Waals surface area contributed by atoms with Crippen LogP contribution in [0.15, 0.2) is 0 Å². The van der Waals surface area contributed by atoms with Crippen molar-refractivity contribution < 1.29 is 9.53 Å². The lowest BCUT2D eigenvalue weighted by molar-refractivity contribution is -0.119. The second-order valence-electron chi connectivity index (χ2n) is 4.62. The molecule has 0 aliphatic carbocycles. The van der Waals surface area contributed by atoms with Crippen LogP contribution in [0.25, 0.3) is 0 Å². The van der Waals surface area contributed by atoms with Crippen LogP contribution in [-0.2, 0) is 9.53 Å². The topological polar surface area (TPSA) is 118 Å². The highest BCUT2D eigenvalue weighted by atomic mass is 16.5. The largest absolute Gasteiger partial charge is 0.378 e. The smallest absolute Gasteiger partial charge is 0.239 e. The molecule has 1 fully saturated rings. The van der Waals surface area contributed by atoms with E-state index in [1.165, 1.54) is 0 Å². The first-order chi connectivity index (χ1) is 10.2. The van der Waals surface area contributed by atoms with Crippen molar-refractivity contribution in [3.05, 3.63) is 0 Å². The molecular weight excluding hydrogens is 274 g/mol. The van der Waals surface area contributed by atoms with E-state index in [0.29, 0.717) is 44.7 Å². The normalized spacial score (nSPS) is 14.8. The predicted molar refractivity (Wildman–Crippen MR) is 79.1 cm³/mol. The van der Waals surface area contributed by atoms with Crippen molar-refractivity contribution in [3.63, 3.8) is 0 Å². The van der Waals surface area contributed by atoms with E-state index >= 15 is 0 Å². The van der Waals surface area contributed by atoms with Crippen LogP contribution in [0.1, 0.15) is 13.3 Å². The second kappa shape index (κ2) is 7.58. The number of nitrogen functional groups attached to an aromatic ring is 1. The Kier molecular flexibility index (Phi) is 5.50. The van der Waals surface area contributed by atoms with E-state index < -0.39 is 0 Å². The van der Waals surface area contributed by atoms with Gasteiger partial charge in [0.1, 0.15) is 0 Å². The van der Waals surface area contributed by atoms with Crippen molar-refractivity contribution in [2.24, 2.45) is 0 Å². The molecule has 1 saturated heterocycles. The Morgan fingerprint density at radius 3 is 2.81 bits per heavy atom. The van der Waals surface area contributed by atoms with Gasteiger partial charge in [-0.05, 0) is 6.42 Å². The number of rotatable bonds is 6. The minimum atomic E-state index is -0.108. The number of aromatic nitrogens is 3. The summed E-state index contributed by atoms with van der Waals surface area (Å²) < 4.78 is 5.29. The molecular formula is C12H21N7O2. The molecule has 21 heavy (non-hydrogen) atoms. The molecule has 0 bridgehead atoms. The Bertz CT molecular complexity index is 477. The zero-order valence-corrected chi connectivity index (χ0v) is 12.1. The molecule has 0 aromatic carbocycles. The monoisotopic (exact) mass is 295 g/mol. The minimum Gasteiger partial charge on any atom is -0.378 e. The Hall–Kier alpha value is -2.16. The van der Waals surface area contributed by atoms with E-state index in [4.69, 9.17) is 10.5 Å². The van der Waals surface area contributed by atoms with Crippen LogP contribution in [0.4, 0.5) is 17.8 Å². The summed E-state index contributed by atoms with van der Waals surface area (Å²) in [4.78, 5) is 25.9. The Morgan fingerprint density at radius 1 is 1.33 bits per heavy atom. The van der Waals surface area contributed by atoms with Crippen molar-refractivity contribution >= 4 is 23.8 Å². The average Bonchev–Trinajstić information content (AvgIpc) is 2.51. The van der Waals surface area contributed by atoms with Crippen LogP contribution >= 0.6 is 0 Å². The van der Waals surface area contributed by atoms with Crippen LogP contribution in [0.2, 0.25) is 0 Å². The van der Waals surface area contributed by atoms with Gasteiger partial charge in [-0.25, -0.2) is 0 Å².